The number of ether oxygens (including phenoxy) is 2. The Kier molecular flexibility index (Phi) is 5.34. The Morgan fingerprint density at radius 2 is 1.72 bits per heavy atom. The first kappa shape index (κ1) is 13.2. The lowest BCUT2D eigenvalue weighted by molar-refractivity contribution is 0.0226. The summed E-state index contributed by atoms with van der Waals surface area (Å²) in [5, 5.41) is 0. The Hall–Kier alpha value is -1.22. The van der Waals surface area contributed by atoms with Crippen LogP contribution in [0.2, 0.25) is 0 Å². The highest BCUT2D eigenvalue weighted by Crippen LogP contribution is 2.20. The summed E-state index contributed by atoms with van der Waals surface area (Å²) in [4.78, 5) is 0. The van der Waals surface area contributed by atoms with Crippen LogP contribution in [0.1, 0.15) is 38.5 Å². The second kappa shape index (κ2) is 7.27. The van der Waals surface area contributed by atoms with E-state index in [4.69, 9.17) is 15.2 Å². The molecule has 0 aliphatic heterocycles. The molecule has 100 valence electrons. The lowest BCUT2D eigenvalue weighted by Gasteiger charge is -2.21. The maximum atomic E-state index is 5.84. The number of hydrogen-bond donors (Lipinski definition) is 1. The average molecular weight is 249 g/mol. The highest BCUT2D eigenvalue weighted by atomic mass is 16.5. The third-order valence-electron chi connectivity index (χ3n) is 3.34. The van der Waals surface area contributed by atoms with Gasteiger partial charge in [0.1, 0.15) is 5.75 Å². The molecule has 0 aromatic heterocycles. The van der Waals surface area contributed by atoms with Crippen LogP contribution in [0.4, 0.5) is 5.69 Å². The van der Waals surface area contributed by atoms with Gasteiger partial charge >= 0.3 is 0 Å². The summed E-state index contributed by atoms with van der Waals surface area (Å²) in [6.07, 6.45) is 7.94. The van der Waals surface area contributed by atoms with Crippen LogP contribution in [0.25, 0.3) is 0 Å². The molecule has 0 atom stereocenters. The minimum atomic E-state index is 0.496. The lowest BCUT2D eigenvalue weighted by Crippen LogP contribution is -2.18. The molecular weight excluding hydrogens is 226 g/mol. The first-order valence-corrected chi connectivity index (χ1v) is 6.94. The van der Waals surface area contributed by atoms with Crippen LogP contribution in [-0.2, 0) is 4.74 Å². The molecule has 1 fully saturated rings. The molecule has 2 N–H and O–H groups in total. The summed E-state index contributed by atoms with van der Waals surface area (Å²) < 4.78 is 11.5. The molecule has 1 aliphatic carbocycles. The van der Waals surface area contributed by atoms with Gasteiger partial charge in [-0.1, -0.05) is 19.3 Å². The molecular formula is C15H23NO2. The van der Waals surface area contributed by atoms with Gasteiger partial charge in [-0.25, -0.2) is 0 Å². The number of nitrogens with two attached hydrogens (primary N) is 1. The zero-order valence-electron chi connectivity index (χ0n) is 10.9. The first-order chi connectivity index (χ1) is 8.84. The molecule has 0 bridgehead atoms. The predicted molar refractivity (Wildman–Crippen MR) is 73.8 cm³/mol. The van der Waals surface area contributed by atoms with E-state index in [1.807, 2.05) is 24.3 Å². The van der Waals surface area contributed by atoms with Crippen molar-refractivity contribution in [3.8, 4) is 5.75 Å². The van der Waals surface area contributed by atoms with Gasteiger partial charge in [0.15, 0.2) is 0 Å². The lowest BCUT2D eigenvalue weighted by atomic mass is 9.98. The van der Waals surface area contributed by atoms with E-state index in [2.05, 4.69) is 0 Å². The standard InChI is InChI=1S/C15H23NO2/c16-13-7-9-15(10-8-13)18-12-4-11-17-14-5-2-1-3-6-14/h7-10,14H,1-6,11-12,16H2. The number of rotatable bonds is 6. The van der Waals surface area contributed by atoms with Crippen molar-refractivity contribution < 1.29 is 9.47 Å². The number of anilines is 1. The van der Waals surface area contributed by atoms with E-state index in [9.17, 15) is 0 Å². The molecule has 0 spiro atoms. The van der Waals surface area contributed by atoms with Gasteiger partial charge < -0.3 is 15.2 Å². The summed E-state index contributed by atoms with van der Waals surface area (Å²) in [5.41, 5.74) is 6.38. The molecule has 18 heavy (non-hydrogen) atoms. The molecule has 0 amide bonds. The third-order valence-corrected chi connectivity index (χ3v) is 3.34. The quantitative estimate of drug-likeness (QED) is 0.621. The van der Waals surface area contributed by atoms with Gasteiger partial charge in [0.2, 0.25) is 0 Å². The van der Waals surface area contributed by atoms with Crippen molar-refractivity contribution in [1.82, 2.24) is 0 Å². The van der Waals surface area contributed by atoms with Crippen LogP contribution >= 0.6 is 0 Å². The zero-order chi connectivity index (χ0) is 12.6. The highest BCUT2D eigenvalue weighted by molar-refractivity contribution is 5.41. The van der Waals surface area contributed by atoms with Crippen molar-refractivity contribution in [2.75, 3.05) is 18.9 Å². The Bertz CT molecular complexity index is 331. The predicted octanol–water partition coefficient (Wildman–Crippen LogP) is 3.39. The number of hydrogen-bond acceptors (Lipinski definition) is 3. The normalized spacial score (nSPS) is 16.7. The van der Waals surface area contributed by atoms with E-state index in [1.165, 1.54) is 32.1 Å². The Labute approximate surface area is 109 Å². The van der Waals surface area contributed by atoms with E-state index < -0.39 is 0 Å². The molecule has 1 aromatic rings. The molecule has 1 aliphatic rings. The molecule has 0 radical (unpaired) electrons. The maximum Gasteiger partial charge on any atom is 0.119 e. The SMILES string of the molecule is Nc1ccc(OCCCOC2CCCCC2)cc1. The van der Waals surface area contributed by atoms with Crippen molar-refractivity contribution in [3.63, 3.8) is 0 Å². The van der Waals surface area contributed by atoms with Crippen LogP contribution < -0.4 is 10.5 Å². The van der Waals surface area contributed by atoms with Gasteiger partial charge in [-0.3, -0.25) is 0 Å². The van der Waals surface area contributed by atoms with E-state index in [0.29, 0.717) is 12.7 Å². The van der Waals surface area contributed by atoms with Crippen molar-refractivity contribution in [2.24, 2.45) is 0 Å². The summed E-state index contributed by atoms with van der Waals surface area (Å²) in [6, 6.07) is 7.51. The Balaban J connectivity index is 1.54. The fourth-order valence-electron chi connectivity index (χ4n) is 2.29. The third kappa shape index (κ3) is 4.57. The molecule has 1 saturated carbocycles. The zero-order valence-corrected chi connectivity index (χ0v) is 10.9. The fourth-order valence-corrected chi connectivity index (χ4v) is 2.29. The van der Waals surface area contributed by atoms with E-state index in [0.717, 1.165) is 24.5 Å². The fraction of sp³-hybridized carbons (Fsp3) is 0.600. The topological polar surface area (TPSA) is 44.5 Å². The van der Waals surface area contributed by atoms with Crippen molar-refractivity contribution >= 4 is 5.69 Å². The van der Waals surface area contributed by atoms with Crippen LogP contribution in [-0.4, -0.2) is 19.3 Å². The van der Waals surface area contributed by atoms with E-state index in [-0.39, 0.29) is 0 Å². The molecule has 2 rings (SSSR count). The van der Waals surface area contributed by atoms with Crippen molar-refractivity contribution in [1.29, 1.82) is 0 Å². The van der Waals surface area contributed by atoms with E-state index >= 15 is 0 Å². The molecule has 3 nitrogen and oxygen atoms in total. The van der Waals surface area contributed by atoms with E-state index in [1.54, 1.807) is 0 Å². The van der Waals surface area contributed by atoms with Gasteiger partial charge in [0.05, 0.1) is 19.3 Å². The minimum Gasteiger partial charge on any atom is -0.494 e. The second-order valence-corrected chi connectivity index (χ2v) is 4.90. The maximum absolute atomic E-state index is 5.84. The van der Waals surface area contributed by atoms with Crippen LogP contribution in [0, 0.1) is 0 Å². The van der Waals surface area contributed by atoms with Gasteiger partial charge in [-0.2, -0.15) is 0 Å². The van der Waals surface area contributed by atoms with Crippen molar-refractivity contribution in [2.45, 2.75) is 44.6 Å². The molecule has 1 aromatic carbocycles. The van der Waals surface area contributed by atoms with Crippen LogP contribution in [0.3, 0.4) is 0 Å². The number of nitrogen functional groups attached to an aromatic ring is 1. The second-order valence-electron chi connectivity index (χ2n) is 4.90. The molecule has 0 unspecified atom stereocenters. The first-order valence-electron chi connectivity index (χ1n) is 6.94. The minimum absolute atomic E-state index is 0.496. The van der Waals surface area contributed by atoms with Crippen molar-refractivity contribution in [3.05, 3.63) is 24.3 Å². The summed E-state index contributed by atoms with van der Waals surface area (Å²) in [5.74, 6) is 0.877. The molecule has 0 heterocycles. The molecule has 3 heteroatoms. The van der Waals surface area contributed by atoms with Gasteiger partial charge in [0, 0.05) is 12.1 Å². The Morgan fingerprint density at radius 1 is 1.00 bits per heavy atom. The summed E-state index contributed by atoms with van der Waals surface area (Å²) >= 11 is 0. The van der Waals surface area contributed by atoms with Gasteiger partial charge in [-0.15, -0.1) is 0 Å². The average Bonchev–Trinajstić information content (AvgIpc) is 2.42. The highest BCUT2D eigenvalue weighted by Gasteiger charge is 2.12. The molecule has 0 saturated heterocycles. The van der Waals surface area contributed by atoms with Crippen LogP contribution in [0.15, 0.2) is 24.3 Å². The monoisotopic (exact) mass is 249 g/mol. The summed E-state index contributed by atoms with van der Waals surface area (Å²) in [6.45, 7) is 1.51. The number of benzene rings is 1. The largest absolute Gasteiger partial charge is 0.494 e. The van der Waals surface area contributed by atoms with Gasteiger partial charge in [0.25, 0.3) is 0 Å². The smallest absolute Gasteiger partial charge is 0.119 e. The van der Waals surface area contributed by atoms with Crippen LogP contribution in [0.5, 0.6) is 5.75 Å². The van der Waals surface area contributed by atoms with Gasteiger partial charge in [-0.05, 0) is 37.1 Å². The summed E-state index contributed by atoms with van der Waals surface area (Å²) in [7, 11) is 0. The Morgan fingerprint density at radius 3 is 2.44 bits per heavy atom.